The number of benzene rings is 2. The quantitative estimate of drug-likeness (QED) is 0.684. The van der Waals surface area contributed by atoms with Gasteiger partial charge in [-0.1, -0.05) is 50.7 Å². The lowest BCUT2D eigenvalue weighted by atomic mass is 10.3. The van der Waals surface area contributed by atoms with E-state index in [1.54, 1.807) is 12.1 Å². The zero-order chi connectivity index (χ0) is 15.4. The van der Waals surface area contributed by atoms with Crippen molar-refractivity contribution in [3.05, 3.63) is 55.9 Å². The van der Waals surface area contributed by atoms with Crippen LogP contribution in [-0.4, -0.2) is 12.5 Å². The average Bonchev–Trinajstić information content (AvgIpc) is 2.44. The van der Waals surface area contributed by atoms with E-state index >= 15 is 0 Å². The lowest BCUT2D eigenvalue weighted by Gasteiger charge is -2.10. The molecule has 21 heavy (non-hydrogen) atoms. The highest BCUT2D eigenvalue weighted by Gasteiger charge is 2.09. The molecule has 0 atom stereocenters. The standard InChI is InChI=1S/C14H9BrCl3NO2/c15-8-1-3-9(4-2-8)19-14(20)7-21-13-6-11(17)10(16)5-12(13)18/h1-6H,7H2,(H,19,20). The van der Waals surface area contributed by atoms with Crippen molar-refractivity contribution >= 4 is 62.3 Å². The van der Waals surface area contributed by atoms with Gasteiger partial charge in [-0.15, -0.1) is 0 Å². The molecule has 7 heteroatoms. The van der Waals surface area contributed by atoms with Crippen molar-refractivity contribution in [3.63, 3.8) is 0 Å². The van der Waals surface area contributed by atoms with E-state index in [-0.39, 0.29) is 12.5 Å². The van der Waals surface area contributed by atoms with Crippen molar-refractivity contribution in [3.8, 4) is 5.75 Å². The first-order valence-corrected chi connectivity index (χ1v) is 7.71. The minimum atomic E-state index is -0.306. The molecule has 0 aliphatic carbocycles. The lowest BCUT2D eigenvalue weighted by molar-refractivity contribution is -0.118. The number of halogens is 4. The molecule has 0 heterocycles. The molecular weight excluding hydrogens is 400 g/mol. The van der Waals surface area contributed by atoms with Gasteiger partial charge in [-0.2, -0.15) is 0 Å². The van der Waals surface area contributed by atoms with E-state index in [0.29, 0.717) is 26.5 Å². The predicted octanol–water partition coefficient (Wildman–Crippen LogP) is 5.43. The van der Waals surface area contributed by atoms with Crippen LogP contribution in [0.1, 0.15) is 0 Å². The summed E-state index contributed by atoms with van der Waals surface area (Å²) >= 11 is 21.0. The maximum Gasteiger partial charge on any atom is 0.262 e. The van der Waals surface area contributed by atoms with Crippen molar-refractivity contribution in [2.75, 3.05) is 11.9 Å². The fourth-order valence-corrected chi connectivity index (χ4v) is 2.34. The average molecular weight is 409 g/mol. The van der Waals surface area contributed by atoms with E-state index in [2.05, 4.69) is 21.2 Å². The fourth-order valence-electron chi connectivity index (χ4n) is 1.49. The minimum absolute atomic E-state index is 0.187. The number of carbonyl (C=O) groups is 1. The molecule has 0 radical (unpaired) electrons. The van der Waals surface area contributed by atoms with E-state index in [4.69, 9.17) is 39.5 Å². The lowest BCUT2D eigenvalue weighted by Crippen LogP contribution is -2.20. The molecular formula is C14H9BrCl3NO2. The number of carbonyl (C=O) groups excluding carboxylic acids is 1. The van der Waals surface area contributed by atoms with Gasteiger partial charge in [-0.3, -0.25) is 4.79 Å². The first-order chi connectivity index (χ1) is 9.95. The Morgan fingerprint density at radius 1 is 1.05 bits per heavy atom. The van der Waals surface area contributed by atoms with Gasteiger partial charge in [0, 0.05) is 16.2 Å². The summed E-state index contributed by atoms with van der Waals surface area (Å²) in [5.74, 6) is -0.00326. The molecule has 0 spiro atoms. The van der Waals surface area contributed by atoms with Gasteiger partial charge >= 0.3 is 0 Å². The molecule has 0 saturated carbocycles. The Morgan fingerprint density at radius 3 is 2.33 bits per heavy atom. The molecule has 1 amide bonds. The first kappa shape index (κ1) is 16.4. The van der Waals surface area contributed by atoms with E-state index < -0.39 is 0 Å². The Morgan fingerprint density at radius 2 is 1.67 bits per heavy atom. The zero-order valence-corrected chi connectivity index (χ0v) is 14.4. The topological polar surface area (TPSA) is 38.3 Å². The third-order valence-electron chi connectivity index (χ3n) is 2.46. The number of anilines is 1. The third kappa shape index (κ3) is 4.78. The summed E-state index contributed by atoms with van der Waals surface area (Å²) in [6, 6.07) is 10.1. The monoisotopic (exact) mass is 407 g/mol. The van der Waals surface area contributed by atoms with Gasteiger partial charge in [0.05, 0.1) is 15.1 Å². The van der Waals surface area contributed by atoms with Gasteiger partial charge in [-0.25, -0.2) is 0 Å². The molecule has 3 nitrogen and oxygen atoms in total. The normalized spacial score (nSPS) is 10.3. The number of rotatable bonds is 4. The summed E-state index contributed by atoms with van der Waals surface area (Å²) in [7, 11) is 0. The van der Waals surface area contributed by atoms with E-state index in [0.717, 1.165) is 4.47 Å². The highest BCUT2D eigenvalue weighted by molar-refractivity contribution is 9.10. The number of hydrogen-bond donors (Lipinski definition) is 1. The van der Waals surface area contributed by atoms with Crippen molar-refractivity contribution in [1.82, 2.24) is 0 Å². The summed E-state index contributed by atoms with van der Waals surface area (Å²) in [6.45, 7) is -0.187. The molecule has 0 saturated heterocycles. The van der Waals surface area contributed by atoms with Crippen LogP contribution < -0.4 is 10.1 Å². The SMILES string of the molecule is O=C(COc1cc(Cl)c(Cl)cc1Cl)Nc1ccc(Br)cc1. The molecule has 0 unspecified atom stereocenters. The van der Waals surface area contributed by atoms with Crippen LogP contribution in [0.4, 0.5) is 5.69 Å². The van der Waals surface area contributed by atoms with Gasteiger partial charge in [0.2, 0.25) is 0 Å². The Labute approximate surface area is 145 Å². The number of ether oxygens (including phenoxy) is 1. The van der Waals surface area contributed by atoms with Crippen molar-refractivity contribution < 1.29 is 9.53 Å². The molecule has 0 fully saturated rings. The summed E-state index contributed by atoms with van der Waals surface area (Å²) in [4.78, 5) is 11.8. The van der Waals surface area contributed by atoms with Crippen LogP contribution in [0, 0.1) is 0 Å². The first-order valence-electron chi connectivity index (χ1n) is 5.78. The van der Waals surface area contributed by atoms with E-state index in [1.807, 2.05) is 12.1 Å². The number of nitrogens with one attached hydrogen (secondary N) is 1. The maximum atomic E-state index is 11.8. The molecule has 0 aliphatic heterocycles. The van der Waals surface area contributed by atoms with E-state index in [1.165, 1.54) is 12.1 Å². The van der Waals surface area contributed by atoms with Crippen LogP contribution in [0.25, 0.3) is 0 Å². The van der Waals surface area contributed by atoms with Crippen LogP contribution in [0.2, 0.25) is 15.1 Å². The summed E-state index contributed by atoms with van der Waals surface area (Å²) in [5, 5.41) is 3.63. The minimum Gasteiger partial charge on any atom is -0.482 e. The zero-order valence-electron chi connectivity index (χ0n) is 10.5. The van der Waals surface area contributed by atoms with E-state index in [9.17, 15) is 4.79 Å². The summed E-state index contributed by atoms with van der Waals surface area (Å²) in [6.07, 6.45) is 0. The van der Waals surface area contributed by atoms with Gasteiger partial charge in [-0.05, 0) is 30.3 Å². The largest absolute Gasteiger partial charge is 0.482 e. The molecule has 2 rings (SSSR count). The second-order valence-corrected chi connectivity index (χ2v) is 6.18. The maximum absolute atomic E-state index is 11.8. The number of amides is 1. The fraction of sp³-hybridized carbons (Fsp3) is 0.0714. The van der Waals surface area contributed by atoms with Crippen LogP contribution in [0.15, 0.2) is 40.9 Å². The second-order valence-electron chi connectivity index (χ2n) is 4.04. The Hall–Kier alpha value is -0.940. The van der Waals surface area contributed by atoms with Gasteiger partial charge in [0.15, 0.2) is 6.61 Å². The van der Waals surface area contributed by atoms with Crippen LogP contribution in [0.5, 0.6) is 5.75 Å². The van der Waals surface area contributed by atoms with Gasteiger partial charge in [0.25, 0.3) is 5.91 Å². The predicted molar refractivity (Wildman–Crippen MR) is 89.7 cm³/mol. The number of hydrogen-bond acceptors (Lipinski definition) is 2. The Kier molecular flexibility index (Phi) is 5.76. The highest BCUT2D eigenvalue weighted by atomic mass is 79.9. The Balaban J connectivity index is 1.95. The van der Waals surface area contributed by atoms with Gasteiger partial charge in [0.1, 0.15) is 5.75 Å². The second kappa shape index (κ2) is 7.36. The molecule has 0 bridgehead atoms. The summed E-state index contributed by atoms with van der Waals surface area (Å²) < 4.78 is 6.26. The van der Waals surface area contributed by atoms with Crippen LogP contribution in [0.3, 0.4) is 0 Å². The third-order valence-corrected chi connectivity index (χ3v) is 4.01. The van der Waals surface area contributed by atoms with Gasteiger partial charge < -0.3 is 10.1 Å². The molecule has 1 N–H and O–H groups in total. The molecule has 110 valence electrons. The van der Waals surface area contributed by atoms with Crippen molar-refractivity contribution in [2.24, 2.45) is 0 Å². The van der Waals surface area contributed by atoms with Crippen molar-refractivity contribution in [1.29, 1.82) is 0 Å². The Bertz CT molecular complexity index is 662. The van der Waals surface area contributed by atoms with Crippen molar-refractivity contribution in [2.45, 2.75) is 0 Å². The molecule has 2 aromatic carbocycles. The molecule has 0 aromatic heterocycles. The summed E-state index contributed by atoms with van der Waals surface area (Å²) in [5.41, 5.74) is 0.673. The van der Waals surface area contributed by atoms with Crippen LogP contribution in [-0.2, 0) is 4.79 Å². The molecule has 2 aromatic rings. The van der Waals surface area contributed by atoms with Crippen LogP contribution >= 0.6 is 50.7 Å². The smallest absolute Gasteiger partial charge is 0.262 e. The highest BCUT2D eigenvalue weighted by Crippen LogP contribution is 2.33. The molecule has 0 aliphatic rings.